The predicted molar refractivity (Wildman–Crippen MR) is 121 cm³/mol. The van der Waals surface area contributed by atoms with Gasteiger partial charge in [0, 0.05) is 10.9 Å². The normalized spacial score (nSPS) is 10.7. The number of hydrogen-bond acceptors (Lipinski definition) is 4. The summed E-state index contributed by atoms with van der Waals surface area (Å²) in [6, 6.07) is 19.9. The molecule has 0 aliphatic rings. The van der Waals surface area contributed by atoms with Gasteiger partial charge in [0.25, 0.3) is 11.8 Å². The summed E-state index contributed by atoms with van der Waals surface area (Å²) in [5.74, 6) is -0.265. The number of para-hydroxylation sites is 3. The molecule has 0 bridgehead atoms. The lowest BCUT2D eigenvalue weighted by Gasteiger charge is -2.10. The number of amides is 2. The lowest BCUT2D eigenvalue weighted by atomic mass is 10.1. The summed E-state index contributed by atoms with van der Waals surface area (Å²) in [5, 5.41) is 6.32. The highest BCUT2D eigenvalue weighted by Crippen LogP contribution is 2.33. The summed E-state index contributed by atoms with van der Waals surface area (Å²) in [7, 11) is 1.53. The molecule has 0 saturated carbocycles. The monoisotopic (exact) mass is 414 g/mol. The first-order chi connectivity index (χ1) is 15.0. The average Bonchev–Trinajstić information content (AvgIpc) is 3.12. The van der Waals surface area contributed by atoms with Crippen LogP contribution in [0.2, 0.25) is 0 Å². The van der Waals surface area contributed by atoms with Crippen molar-refractivity contribution in [2.45, 2.75) is 13.8 Å². The van der Waals surface area contributed by atoms with Crippen LogP contribution >= 0.6 is 0 Å². The Morgan fingerprint density at radius 2 is 1.52 bits per heavy atom. The molecule has 6 heteroatoms. The van der Waals surface area contributed by atoms with Crippen molar-refractivity contribution in [1.29, 1.82) is 0 Å². The maximum absolute atomic E-state index is 13.1. The third-order valence-corrected chi connectivity index (χ3v) is 4.88. The molecule has 4 aromatic rings. The Labute approximate surface area is 179 Å². The maximum Gasteiger partial charge on any atom is 0.293 e. The van der Waals surface area contributed by atoms with Crippen LogP contribution in [0.3, 0.4) is 0 Å². The van der Waals surface area contributed by atoms with Crippen LogP contribution in [0.1, 0.15) is 32.0 Å². The van der Waals surface area contributed by atoms with Crippen LogP contribution < -0.4 is 15.4 Å². The summed E-state index contributed by atoms with van der Waals surface area (Å²) in [4.78, 5) is 26.1. The van der Waals surface area contributed by atoms with Crippen molar-refractivity contribution >= 4 is 34.2 Å². The van der Waals surface area contributed by atoms with Gasteiger partial charge < -0.3 is 19.8 Å². The van der Waals surface area contributed by atoms with E-state index >= 15 is 0 Å². The fourth-order valence-electron chi connectivity index (χ4n) is 3.55. The fourth-order valence-corrected chi connectivity index (χ4v) is 3.55. The minimum absolute atomic E-state index is 0.0184. The Morgan fingerprint density at radius 1 is 0.839 bits per heavy atom. The number of carbonyl (C=O) groups excluding carboxylic acids is 2. The van der Waals surface area contributed by atoms with Crippen molar-refractivity contribution in [3.05, 3.63) is 89.2 Å². The van der Waals surface area contributed by atoms with Gasteiger partial charge in [-0.3, -0.25) is 9.59 Å². The molecule has 2 N–H and O–H groups in total. The SMILES string of the molecule is COc1ccccc1NC(=O)c1oc2ccccc2c1NC(=O)c1cc(C)cc(C)c1. The van der Waals surface area contributed by atoms with Gasteiger partial charge in [0.1, 0.15) is 17.0 Å². The third-order valence-electron chi connectivity index (χ3n) is 4.88. The number of anilines is 2. The fraction of sp³-hybridized carbons (Fsp3) is 0.120. The Balaban J connectivity index is 1.72. The number of fused-ring (bicyclic) bond motifs is 1. The van der Waals surface area contributed by atoms with Crippen molar-refractivity contribution in [2.75, 3.05) is 17.7 Å². The molecule has 0 radical (unpaired) electrons. The number of furan rings is 1. The Bertz CT molecular complexity index is 1270. The zero-order chi connectivity index (χ0) is 22.0. The number of benzene rings is 3. The molecule has 31 heavy (non-hydrogen) atoms. The van der Waals surface area contributed by atoms with Crippen LogP contribution in [0.15, 0.2) is 71.1 Å². The van der Waals surface area contributed by atoms with Crippen LogP contribution in [0, 0.1) is 13.8 Å². The van der Waals surface area contributed by atoms with Gasteiger partial charge in [-0.2, -0.15) is 0 Å². The van der Waals surface area contributed by atoms with Crippen LogP contribution in [0.5, 0.6) is 5.75 Å². The first-order valence-corrected chi connectivity index (χ1v) is 9.82. The molecule has 1 aromatic heterocycles. The molecule has 0 aliphatic carbocycles. The highest BCUT2D eigenvalue weighted by Gasteiger charge is 2.23. The Hall–Kier alpha value is -4.06. The molecule has 0 fully saturated rings. The van der Waals surface area contributed by atoms with Gasteiger partial charge in [0.15, 0.2) is 0 Å². The quantitative estimate of drug-likeness (QED) is 0.448. The molecule has 0 atom stereocenters. The second kappa shape index (κ2) is 8.36. The van der Waals surface area contributed by atoms with Gasteiger partial charge in [-0.1, -0.05) is 41.5 Å². The lowest BCUT2D eigenvalue weighted by Crippen LogP contribution is -2.17. The number of nitrogens with one attached hydrogen (secondary N) is 2. The van der Waals surface area contributed by atoms with E-state index in [0.717, 1.165) is 11.1 Å². The maximum atomic E-state index is 13.1. The number of rotatable bonds is 5. The van der Waals surface area contributed by atoms with Crippen molar-refractivity contribution < 1.29 is 18.7 Å². The lowest BCUT2D eigenvalue weighted by molar-refractivity contribution is 0.0999. The predicted octanol–water partition coefficient (Wildman–Crippen LogP) is 5.56. The number of hydrogen-bond donors (Lipinski definition) is 2. The largest absolute Gasteiger partial charge is 0.495 e. The van der Waals surface area contributed by atoms with E-state index in [2.05, 4.69) is 10.6 Å². The zero-order valence-corrected chi connectivity index (χ0v) is 17.5. The topological polar surface area (TPSA) is 80.6 Å². The standard InChI is InChI=1S/C25H22N2O4/c1-15-12-16(2)14-17(13-15)24(28)27-22-18-8-4-6-10-20(18)31-23(22)25(29)26-19-9-5-7-11-21(19)30-3/h4-14H,1-3H3,(H,26,29)(H,27,28). The van der Waals surface area contributed by atoms with E-state index in [-0.39, 0.29) is 11.7 Å². The first kappa shape index (κ1) is 20.2. The summed E-state index contributed by atoms with van der Waals surface area (Å²) in [6.45, 7) is 3.87. The van der Waals surface area contributed by atoms with Gasteiger partial charge >= 0.3 is 0 Å². The first-order valence-electron chi connectivity index (χ1n) is 9.82. The van der Waals surface area contributed by atoms with E-state index in [9.17, 15) is 9.59 Å². The van der Waals surface area contributed by atoms with Crippen molar-refractivity contribution in [3.8, 4) is 5.75 Å². The van der Waals surface area contributed by atoms with Crippen LogP contribution in [-0.2, 0) is 0 Å². The van der Waals surface area contributed by atoms with Gasteiger partial charge in [0.2, 0.25) is 5.76 Å². The second-order valence-corrected chi connectivity index (χ2v) is 7.29. The van der Waals surface area contributed by atoms with Crippen LogP contribution in [0.25, 0.3) is 11.0 Å². The molecule has 0 saturated heterocycles. The summed E-state index contributed by atoms with van der Waals surface area (Å²) < 4.78 is 11.1. The average molecular weight is 414 g/mol. The van der Waals surface area contributed by atoms with Crippen LogP contribution in [0.4, 0.5) is 11.4 Å². The van der Waals surface area contributed by atoms with Crippen LogP contribution in [-0.4, -0.2) is 18.9 Å². The van der Waals surface area contributed by atoms with Gasteiger partial charge in [-0.05, 0) is 50.2 Å². The summed E-state index contributed by atoms with van der Waals surface area (Å²) >= 11 is 0. The van der Waals surface area contributed by atoms with Gasteiger partial charge in [-0.25, -0.2) is 0 Å². The smallest absolute Gasteiger partial charge is 0.293 e. The minimum Gasteiger partial charge on any atom is -0.495 e. The number of carbonyl (C=O) groups is 2. The van der Waals surface area contributed by atoms with E-state index in [4.69, 9.17) is 9.15 Å². The molecule has 0 spiro atoms. The number of methoxy groups -OCH3 is 1. The van der Waals surface area contributed by atoms with E-state index in [0.29, 0.717) is 33.7 Å². The molecule has 2 amide bonds. The van der Waals surface area contributed by atoms with E-state index in [1.165, 1.54) is 7.11 Å². The molecule has 0 unspecified atom stereocenters. The van der Waals surface area contributed by atoms with Gasteiger partial charge in [0.05, 0.1) is 12.8 Å². The van der Waals surface area contributed by atoms with Crippen molar-refractivity contribution in [3.63, 3.8) is 0 Å². The highest BCUT2D eigenvalue weighted by atomic mass is 16.5. The Morgan fingerprint density at radius 3 is 2.26 bits per heavy atom. The zero-order valence-electron chi connectivity index (χ0n) is 17.5. The molecular formula is C25H22N2O4. The number of ether oxygens (including phenoxy) is 1. The third kappa shape index (κ3) is 4.14. The van der Waals surface area contributed by atoms with E-state index in [1.54, 1.807) is 42.5 Å². The summed E-state index contributed by atoms with van der Waals surface area (Å²) in [6.07, 6.45) is 0. The summed E-state index contributed by atoms with van der Waals surface area (Å²) in [5.41, 5.74) is 3.81. The van der Waals surface area contributed by atoms with Gasteiger partial charge in [-0.15, -0.1) is 0 Å². The molecule has 3 aromatic carbocycles. The molecule has 4 rings (SSSR count). The van der Waals surface area contributed by atoms with E-state index < -0.39 is 5.91 Å². The highest BCUT2D eigenvalue weighted by molar-refractivity contribution is 6.17. The molecule has 0 aliphatic heterocycles. The molecular weight excluding hydrogens is 392 g/mol. The molecule has 1 heterocycles. The van der Waals surface area contributed by atoms with Crippen molar-refractivity contribution in [1.82, 2.24) is 0 Å². The van der Waals surface area contributed by atoms with E-state index in [1.807, 2.05) is 38.1 Å². The minimum atomic E-state index is -0.489. The Kier molecular flexibility index (Phi) is 5.45. The second-order valence-electron chi connectivity index (χ2n) is 7.29. The molecule has 6 nitrogen and oxygen atoms in total. The number of aryl methyl sites for hydroxylation is 2. The van der Waals surface area contributed by atoms with Crippen molar-refractivity contribution in [2.24, 2.45) is 0 Å². The molecule has 156 valence electrons.